The summed E-state index contributed by atoms with van der Waals surface area (Å²) in [5.74, 6) is 3.66. The van der Waals surface area contributed by atoms with Crippen LogP contribution in [-0.2, 0) is 17.6 Å². The Morgan fingerprint density at radius 1 is 1.10 bits per heavy atom. The number of aryl methyl sites for hydroxylation is 1. The second-order valence-corrected chi connectivity index (χ2v) is 9.27. The van der Waals surface area contributed by atoms with E-state index in [0.717, 1.165) is 75.6 Å². The van der Waals surface area contributed by atoms with Crippen molar-refractivity contribution < 1.29 is 4.79 Å². The third-order valence-corrected chi connectivity index (χ3v) is 7.04. The van der Waals surface area contributed by atoms with Crippen LogP contribution in [0.4, 0.5) is 0 Å². The number of rotatable bonds is 6. The fourth-order valence-corrected chi connectivity index (χ4v) is 5.08. The van der Waals surface area contributed by atoms with Gasteiger partial charge in [0.1, 0.15) is 0 Å². The first-order valence-electron chi connectivity index (χ1n) is 11.1. The maximum atomic E-state index is 12.7. The average molecular weight is 545 g/mol. The van der Waals surface area contributed by atoms with Gasteiger partial charge < -0.3 is 15.5 Å². The number of guanidine groups is 1. The van der Waals surface area contributed by atoms with Gasteiger partial charge in [0.25, 0.3) is 0 Å². The number of hydrogen-bond donors (Lipinski definition) is 2. The average Bonchev–Trinajstić information content (AvgIpc) is 2.79. The molecule has 0 unspecified atom stereocenters. The monoisotopic (exact) mass is 544 g/mol. The summed E-state index contributed by atoms with van der Waals surface area (Å²) >= 11 is 1.95. The molecule has 3 rings (SSSR count). The van der Waals surface area contributed by atoms with Crippen LogP contribution in [0.2, 0.25) is 0 Å². The zero-order valence-corrected chi connectivity index (χ0v) is 21.5. The minimum Gasteiger partial charge on any atom is -0.356 e. The Labute approximate surface area is 203 Å². The van der Waals surface area contributed by atoms with Crippen molar-refractivity contribution in [1.29, 1.82) is 0 Å². The molecule has 2 fully saturated rings. The van der Waals surface area contributed by atoms with Gasteiger partial charge in [-0.25, -0.2) is 0 Å². The van der Waals surface area contributed by atoms with Crippen LogP contribution in [0.3, 0.4) is 0 Å². The number of benzene rings is 1. The molecule has 1 saturated heterocycles. The number of carbonyl (C=O) groups is 1. The molecule has 1 aromatic carbocycles. The molecule has 2 aliphatic rings. The number of aliphatic imine (C=N–C) groups is 1. The van der Waals surface area contributed by atoms with E-state index in [1.807, 2.05) is 18.8 Å². The number of carbonyl (C=O) groups excluding carboxylic acids is 1. The Kier molecular flexibility index (Phi) is 11.3. The van der Waals surface area contributed by atoms with Crippen LogP contribution in [0.5, 0.6) is 0 Å². The summed E-state index contributed by atoms with van der Waals surface area (Å²) in [6.45, 7) is 4.91. The molecule has 2 N–H and O–H groups in total. The molecule has 1 amide bonds. The lowest BCUT2D eigenvalue weighted by Crippen LogP contribution is -2.47. The summed E-state index contributed by atoms with van der Waals surface area (Å²) in [4.78, 5) is 19.2. The third kappa shape index (κ3) is 7.62. The van der Waals surface area contributed by atoms with Gasteiger partial charge in [-0.05, 0) is 49.7 Å². The van der Waals surface area contributed by atoms with Crippen LogP contribution in [0, 0.1) is 5.92 Å². The zero-order valence-electron chi connectivity index (χ0n) is 18.4. The fraction of sp³-hybridized carbons (Fsp3) is 0.652. The first-order chi connectivity index (χ1) is 14.2. The number of amides is 1. The molecule has 0 aromatic heterocycles. The van der Waals surface area contributed by atoms with E-state index >= 15 is 0 Å². The maximum absolute atomic E-state index is 12.7. The summed E-state index contributed by atoms with van der Waals surface area (Å²) < 4.78 is 0. The molecule has 5 nitrogen and oxygen atoms in total. The highest BCUT2D eigenvalue weighted by atomic mass is 127. The lowest BCUT2D eigenvalue weighted by Gasteiger charge is -2.34. The maximum Gasteiger partial charge on any atom is 0.225 e. The van der Waals surface area contributed by atoms with Gasteiger partial charge in [0, 0.05) is 50.1 Å². The standard InChI is InChI=1S/C23H36N4OS.HI/c1-3-18-4-6-19(7-5-18)12-13-25-23(24-2)26-21-10-8-20(9-11-21)22(28)27-14-16-29-17-15-27;/h4-7,20-21H,3,8-17H2,1-2H3,(H2,24,25,26);1H. The van der Waals surface area contributed by atoms with Gasteiger partial charge in [-0.3, -0.25) is 9.79 Å². The predicted octanol–water partition coefficient (Wildman–Crippen LogP) is 3.71. The SMILES string of the molecule is CCc1ccc(CCNC(=NC)NC2CCC(C(=O)N3CCSCC3)CC2)cc1.I. The zero-order chi connectivity index (χ0) is 20.5. The first-order valence-corrected chi connectivity index (χ1v) is 12.3. The van der Waals surface area contributed by atoms with Crippen molar-refractivity contribution in [3.8, 4) is 0 Å². The molecule has 1 aliphatic heterocycles. The van der Waals surface area contributed by atoms with E-state index in [0.29, 0.717) is 11.9 Å². The van der Waals surface area contributed by atoms with E-state index in [-0.39, 0.29) is 29.9 Å². The molecule has 1 heterocycles. The fourth-order valence-electron chi connectivity index (χ4n) is 4.18. The number of hydrogen-bond acceptors (Lipinski definition) is 3. The largest absolute Gasteiger partial charge is 0.356 e. The summed E-state index contributed by atoms with van der Waals surface area (Å²) in [5, 5.41) is 7.00. The summed E-state index contributed by atoms with van der Waals surface area (Å²) in [7, 11) is 1.83. The predicted molar refractivity (Wildman–Crippen MR) is 139 cm³/mol. The van der Waals surface area contributed by atoms with Gasteiger partial charge in [0.15, 0.2) is 5.96 Å². The minimum atomic E-state index is 0. The number of nitrogens with zero attached hydrogens (tertiary/aromatic N) is 2. The van der Waals surface area contributed by atoms with Gasteiger partial charge in [-0.1, -0.05) is 31.2 Å². The Bertz CT molecular complexity index is 668. The quantitative estimate of drug-likeness (QED) is 0.326. The van der Waals surface area contributed by atoms with Crippen molar-refractivity contribution in [3.63, 3.8) is 0 Å². The molecule has 0 bridgehead atoms. The Morgan fingerprint density at radius 3 is 2.33 bits per heavy atom. The molecule has 1 aromatic rings. The van der Waals surface area contributed by atoms with Crippen molar-refractivity contribution in [2.75, 3.05) is 38.2 Å². The summed E-state index contributed by atoms with van der Waals surface area (Å²) in [6, 6.07) is 9.27. The van der Waals surface area contributed by atoms with Crippen LogP contribution in [0.15, 0.2) is 29.3 Å². The minimum absolute atomic E-state index is 0. The Hall–Kier alpha value is -0.960. The molecule has 0 spiro atoms. The van der Waals surface area contributed by atoms with Gasteiger partial charge in [0.05, 0.1) is 0 Å². The Morgan fingerprint density at radius 2 is 1.73 bits per heavy atom. The molecular weight excluding hydrogens is 507 g/mol. The van der Waals surface area contributed by atoms with Crippen LogP contribution in [0.1, 0.15) is 43.7 Å². The molecule has 168 valence electrons. The molecule has 7 heteroatoms. The van der Waals surface area contributed by atoms with E-state index in [9.17, 15) is 4.79 Å². The highest BCUT2D eigenvalue weighted by molar-refractivity contribution is 14.0. The molecule has 1 aliphatic carbocycles. The van der Waals surface area contributed by atoms with Crippen LogP contribution in [-0.4, -0.2) is 61.0 Å². The number of nitrogens with one attached hydrogen (secondary N) is 2. The van der Waals surface area contributed by atoms with Crippen LogP contribution < -0.4 is 10.6 Å². The smallest absolute Gasteiger partial charge is 0.225 e. The summed E-state index contributed by atoms with van der Waals surface area (Å²) in [6.07, 6.45) is 6.12. The summed E-state index contributed by atoms with van der Waals surface area (Å²) in [5.41, 5.74) is 2.73. The van der Waals surface area contributed by atoms with E-state index < -0.39 is 0 Å². The van der Waals surface area contributed by atoms with E-state index in [4.69, 9.17) is 0 Å². The number of thioether (sulfide) groups is 1. The van der Waals surface area contributed by atoms with Gasteiger partial charge in [0.2, 0.25) is 5.91 Å². The lowest BCUT2D eigenvalue weighted by molar-refractivity contribution is -0.136. The normalized spacial score (nSPS) is 22.2. The molecule has 1 saturated carbocycles. The van der Waals surface area contributed by atoms with Crippen LogP contribution in [0.25, 0.3) is 0 Å². The lowest BCUT2D eigenvalue weighted by atomic mass is 9.85. The van der Waals surface area contributed by atoms with E-state index in [2.05, 4.69) is 51.7 Å². The van der Waals surface area contributed by atoms with Crippen molar-refractivity contribution >= 4 is 47.6 Å². The highest BCUT2D eigenvalue weighted by Gasteiger charge is 2.30. The second kappa shape index (κ2) is 13.5. The van der Waals surface area contributed by atoms with Crippen LogP contribution >= 0.6 is 35.7 Å². The molecule has 0 radical (unpaired) electrons. The Balaban J connectivity index is 0.00000320. The topological polar surface area (TPSA) is 56.7 Å². The van der Waals surface area contributed by atoms with E-state index in [1.54, 1.807) is 0 Å². The van der Waals surface area contributed by atoms with Crippen molar-refractivity contribution in [2.45, 2.75) is 51.5 Å². The van der Waals surface area contributed by atoms with E-state index in [1.165, 1.54) is 11.1 Å². The van der Waals surface area contributed by atoms with Crippen molar-refractivity contribution in [1.82, 2.24) is 15.5 Å². The van der Waals surface area contributed by atoms with Crippen molar-refractivity contribution in [3.05, 3.63) is 35.4 Å². The molecule has 30 heavy (non-hydrogen) atoms. The molecular formula is C23H37IN4OS. The molecule has 0 atom stereocenters. The van der Waals surface area contributed by atoms with Gasteiger partial charge >= 0.3 is 0 Å². The second-order valence-electron chi connectivity index (χ2n) is 8.05. The van der Waals surface area contributed by atoms with Crippen molar-refractivity contribution in [2.24, 2.45) is 10.9 Å². The highest BCUT2D eigenvalue weighted by Crippen LogP contribution is 2.27. The third-order valence-electron chi connectivity index (χ3n) is 6.10. The number of halogens is 1. The van der Waals surface area contributed by atoms with Gasteiger partial charge in [-0.2, -0.15) is 11.8 Å². The van der Waals surface area contributed by atoms with Gasteiger partial charge in [-0.15, -0.1) is 24.0 Å². The first kappa shape index (κ1) is 25.3.